The third kappa shape index (κ3) is 3.42. The number of rotatable bonds is 4. The first-order valence-corrected chi connectivity index (χ1v) is 8.56. The number of hydrogen-bond acceptors (Lipinski definition) is 3. The number of amides is 2. The van der Waals surface area contributed by atoms with Gasteiger partial charge < -0.3 is 10.6 Å². The first kappa shape index (κ1) is 16.5. The number of anilines is 1. The molecular formula is C18H15ClN2O2S. The van der Waals surface area contributed by atoms with Crippen molar-refractivity contribution >= 4 is 50.5 Å². The Labute approximate surface area is 148 Å². The molecule has 0 saturated carbocycles. The van der Waals surface area contributed by atoms with Crippen LogP contribution in [0, 0.1) is 0 Å². The molecule has 0 radical (unpaired) electrons. The topological polar surface area (TPSA) is 58.2 Å². The van der Waals surface area contributed by atoms with Crippen LogP contribution in [0.15, 0.2) is 48.5 Å². The lowest BCUT2D eigenvalue weighted by molar-refractivity contribution is -0.119. The molecule has 24 heavy (non-hydrogen) atoms. The third-order valence-corrected chi connectivity index (χ3v) is 5.27. The van der Waals surface area contributed by atoms with Gasteiger partial charge in [0.25, 0.3) is 5.91 Å². The Bertz CT molecular complexity index is 903. The largest absolute Gasteiger partial charge is 0.359 e. The minimum absolute atomic E-state index is 0.0520. The van der Waals surface area contributed by atoms with E-state index in [1.807, 2.05) is 36.4 Å². The molecule has 0 saturated heterocycles. The molecule has 3 aromatic rings. The lowest BCUT2D eigenvalue weighted by Gasteiger charge is -2.06. The van der Waals surface area contributed by atoms with Crippen molar-refractivity contribution in [3.05, 3.63) is 64.0 Å². The van der Waals surface area contributed by atoms with E-state index >= 15 is 0 Å². The molecular weight excluding hydrogens is 344 g/mol. The Hall–Kier alpha value is -2.37. The number of thiophene rings is 1. The summed E-state index contributed by atoms with van der Waals surface area (Å²) in [5.74, 6) is -0.288. The standard InChI is InChI=1S/C18H15ClN2O2S/c1-20-15(22)10-11-6-8-12(9-7-11)21-18(23)17-16(19)13-4-2-3-5-14(13)24-17/h2-9H,10H2,1H3,(H,20,22)(H,21,23). The summed E-state index contributed by atoms with van der Waals surface area (Å²) in [5.41, 5.74) is 1.54. The average Bonchev–Trinajstić information content (AvgIpc) is 2.94. The molecule has 122 valence electrons. The second-order valence-corrected chi connectivity index (χ2v) is 6.67. The van der Waals surface area contributed by atoms with Crippen molar-refractivity contribution in [3.63, 3.8) is 0 Å². The molecule has 0 spiro atoms. The maximum Gasteiger partial charge on any atom is 0.267 e. The highest BCUT2D eigenvalue weighted by molar-refractivity contribution is 7.21. The fourth-order valence-corrected chi connectivity index (χ4v) is 3.74. The summed E-state index contributed by atoms with van der Waals surface area (Å²) < 4.78 is 0.980. The summed E-state index contributed by atoms with van der Waals surface area (Å²) in [6.45, 7) is 0. The molecule has 0 bridgehead atoms. The van der Waals surface area contributed by atoms with E-state index in [1.165, 1.54) is 11.3 Å². The van der Waals surface area contributed by atoms with Crippen LogP contribution in [0.2, 0.25) is 5.02 Å². The minimum atomic E-state index is -0.236. The molecule has 0 aliphatic heterocycles. The van der Waals surface area contributed by atoms with Crippen LogP contribution in [0.25, 0.3) is 10.1 Å². The number of nitrogens with one attached hydrogen (secondary N) is 2. The first-order valence-electron chi connectivity index (χ1n) is 7.36. The first-order chi connectivity index (χ1) is 11.6. The SMILES string of the molecule is CNC(=O)Cc1ccc(NC(=O)c2sc3ccccc3c2Cl)cc1. The molecule has 2 amide bonds. The van der Waals surface area contributed by atoms with Gasteiger partial charge in [-0.2, -0.15) is 0 Å². The molecule has 1 aromatic heterocycles. The second-order valence-electron chi connectivity index (χ2n) is 5.24. The van der Waals surface area contributed by atoms with Crippen LogP contribution < -0.4 is 10.6 Å². The molecule has 0 unspecified atom stereocenters. The summed E-state index contributed by atoms with van der Waals surface area (Å²) in [6.07, 6.45) is 0.312. The number of carbonyl (C=O) groups excluding carboxylic acids is 2. The van der Waals surface area contributed by atoms with Crippen LogP contribution in [0.3, 0.4) is 0 Å². The van der Waals surface area contributed by atoms with E-state index in [4.69, 9.17) is 11.6 Å². The van der Waals surface area contributed by atoms with E-state index < -0.39 is 0 Å². The van der Waals surface area contributed by atoms with E-state index in [1.54, 1.807) is 19.2 Å². The fraction of sp³-hybridized carbons (Fsp3) is 0.111. The zero-order valence-corrected chi connectivity index (χ0v) is 14.5. The van der Waals surface area contributed by atoms with E-state index in [0.29, 0.717) is 22.0 Å². The Morgan fingerprint density at radius 3 is 2.46 bits per heavy atom. The number of halogens is 1. The molecule has 2 N–H and O–H groups in total. The molecule has 2 aromatic carbocycles. The van der Waals surface area contributed by atoms with Crippen LogP contribution in [-0.4, -0.2) is 18.9 Å². The summed E-state index contributed by atoms with van der Waals surface area (Å²) in [4.78, 5) is 24.3. The van der Waals surface area contributed by atoms with Crippen LogP contribution >= 0.6 is 22.9 Å². The summed E-state index contributed by atoms with van der Waals surface area (Å²) in [6, 6.07) is 14.8. The highest BCUT2D eigenvalue weighted by Gasteiger charge is 2.17. The molecule has 0 atom stereocenters. The molecule has 0 fully saturated rings. The lowest BCUT2D eigenvalue weighted by atomic mass is 10.1. The Morgan fingerprint density at radius 1 is 1.08 bits per heavy atom. The van der Waals surface area contributed by atoms with E-state index in [0.717, 1.165) is 15.6 Å². The Balaban J connectivity index is 1.76. The Kier molecular flexibility index (Phi) is 4.83. The smallest absolute Gasteiger partial charge is 0.267 e. The van der Waals surface area contributed by atoms with Gasteiger partial charge in [0.1, 0.15) is 4.88 Å². The van der Waals surface area contributed by atoms with Gasteiger partial charge in [0.05, 0.1) is 11.4 Å². The van der Waals surface area contributed by atoms with Gasteiger partial charge in [0.2, 0.25) is 5.91 Å². The van der Waals surface area contributed by atoms with Gasteiger partial charge in [-0.15, -0.1) is 11.3 Å². The van der Waals surface area contributed by atoms with Gasteiger partial charge in [-0.05, 0) is 23.8 Å². The number of likely N-dealkylation sites (N-methyl/N-ethyl adjacent to an activating group) is 1. The van der Waals surface area contributed by atoms with E-state index in [2.05, 4.69) is 10.6 Å². The third-order valence-electron chi connectivity index (χ3n) is 3.60. The van der Waals surface area contributed by atoms with Crippen molar-refractivity contribution in [1.82, 2.24) is 5.32 Å². The fourth-order valence-electron chi connectivity index (χ4n) is 2.33. The predicted octanol–water partition coefficient (Wildman–Crippen LogP) is 4.10. The number of benzene rings is 2. The van der Waals surface area contributed by atoms with E-state index in [9.17, 15) is 9.59 Å². The Morgan fingerprint density at radius 2 is 1.79 bits per heavy atom. The van der Waals surface area contributed by atoms with Gasteiger partial charge >= 0.3 is 0 Å². The monoisotopic (exact) mass is 358 g/mol. The van der Waals surface area contributed by atoms with Crippen LogP contribution in [0.5, 0.6) is 0 Å². The average molecular weight is 359 g/mol. The maximum atomic E-state index is 12.5. The van der Waals surface area contributed by atoms with Gasteiger partial charge in [0.15, 0.2) is 0 Å². The van der Waals surface area contributed by atoms with Crippen LogP contribution in [0.4, 0.5) is 5.69 Å². The summed E-state index contributed by atoms with van der Waals surface area (Å²) in [5, 5.41) is 6.78. The lowest BCUT2D eigenvalue weighted by Crippen LogP contribution is -2.19. The zero-order chi connectivity index (χ0) is 17.1. The molecule has 0 aliphatic rings. The van der Waals surface area contributed by atoms with Gasteiger partial charge in [-0.3, -0.25) is 9.59 Å². The zero-order valence-electron chi connectivity index (χ0n) is 12.9. The molecule has 1 heterocycles. The molecule has 0 aliphatic carbocycles. The highest BCUT2D eigenvalue weighted by atomic mass is 35.5. The molecule has 3 rings (SSSR count). The van der Waals surface area contributed by atoms with Crippen molar-refractivity contribution < 1.29 is 9.59 Å². The molecule has 6 heteroatoms. The summed E-state index contributed by atoms with van der Waals surface area (Å²) in [7, 11) is 1.60. The molecule has 4 nitrogen and oxygen atoms in total. The van der Waals surface area contributed by atoms with Crippen molar-refractivity contribution in [3.8, 4) is 0 Å². The number of fused-ring (bicyclic) bond motifs is 1. The van der Waals surface area contributed by atoms with Crippen molar-refractivity contribution in [2.45, 2.75) is 6.42 Å². The highest BCUT2D eigenvalue weighted by Crippen LogP contribution is 2.35. The maximum absolute atomic E-state index is 12.5. The van der Waals surface area contributed by atoms with Crippen LogP contribution in [0.1, 0.15) is 15.2 Å². The summed E-state index contributed by atoms with van der Waals surface area (Å²) >= 11 is 7.69. The normalized spacial score (nSPS) is 10.6. The van der Waals surface area contributed by atoms with Crippen molar-refractivity contribution in [1.29, 1.82) is 0 Å². The van der Waals surface area contributed by atoms with Crippen molar-refractivity contribution in [2.75, 3.05) is 12.4 Å². The number of hydrogen-bond donors (Lipinski definition) is 2. The van der Waals surface area contributed by atoms with E-state index in [-0.39, 0.29) is 11.8 Å². The van der Waals surface area contributed by atoms with Gasteiger partial charge in [0, 0.05) is 22.8 Å². The van der Waals surface area contributed by atoms with Crippen molar-refractivity contribution in [2.24, 2.45) is 0 Å². The quantitative estimate of drug-likeness (QED) is 0.737. The minimum Gasteiger partial charge on any atom is -0.359 e. The number of carbonyl (C=O) groups is 2. The van der Waals surface area contributed by atoms with Gasteiger partial charge in [-0.25, -0.2) is 0 Å². The van der Waals surface area contributed by atoms with Gasteiger partial charge in [-0.1, -0.05) is 41.9 Å². The van der Waals surface area contributed by atoms with Crippen LogP contribution in [-0.2, 0) is 11.2 Å². The second kappa shape index (κ2) is 7.03. The predicted molar refractivity (Wildman–Crippen MR) is 99.0 cm³/mol.